The summed E-state index contributed by atoms with van der Waals surface area (Å²) in [7, 11) is 1.58. The number of hydrogen-bond donors (Lipinski definition) is 1. The smallest absolute Gasteiger partial charge is 0.251 e. The SMILES string of the molecule is COc1ccc(C(=O)C2CCN(C(=O)[C@@H](NC(=O)c3ccc(F)cc3)C(C)C)CC2)cc1. The Hall–Kier alpha value is -3.22. The van der Waals surface area contributed by atoms with Crippen molar-refractivity contribution in [3.8, 4) is 5.75 Å². The molecule has 1 aliphatic rings. The molecular weight excluding hydrogens is 411 g/mol. The monoisotopic (exact) mass is 440 g/mol. The van der Waals surface area contributed by atoms with E-state index < -0.39 is 17.8 Å². The number of ether oxygens (including phenoxy) is 1. The summed E-state index contributed by atoms with van der Waals surface area (Å²) in [5.41, 5.74) is 0.941. The topological polar surface area (TPSA) is 75.7 Å². The van der Waals surface area contributed by atoms with Crippen LogP contribution < -0.4 is 10.1 Å². The number of benzene rings is 2. The summed E-state index contributed by atoms with van der Waals surface area (Å²) in [5.74, 6) is -0.490. The van der Waals surface area contributed by atoms with Crippen molar-refractivity contribution in [2.75, 3.05) is 20.2 Å². The van der Waals surface area contributed by atoms with Crippen LogP contribution in [0, 0.1) is 17.7 Å². The van der Waals surface area contributed by atoms with Crippen LogP contribution in [0.3, 0.4) is 0 Å². The number of rotatable bonds is 7. The summed E-state index contributed by atoms with van der Waals surface area (Å²) in [6.45, 7) is 4.66. The van der Waals surface area contributed by atoms with Gasteiger partial charge in [0, 0.05) is 30.1 Å². The van der Waals surface area contributed by atoms with Gasteiger partial charge in [0.25, 0.3) is 5.91 Å². The molecule has 1 N–H and O–H groups in total. The van der Waals surface area contributed by atoms with Crippen LogP contribution in [-0.4, -0.2) is 48.7 Å². The molecule has 0 bridgehead atoms. The number of nitrogens with zero attached hydrogens (tertiary/aromatic N) is 1. The standard InChI is InChI=1S/C25H29FN2O4/c1-16(2)22(27-24(30)19-4-8-20(26)9-5-19)25(31)28-14-12-18(13-15-28)23(29)17-6-10-21(32-3)11-7-17/h4-11,16,18,22H,12-15H2,1-3H3,(H,27,30)/t22-/m0/s1. The number of halogens is 1. The summed E-state index contributed by atoms with van der Waals surface area (Å²) in [6, 6.07) is 11.6. The predicted molar refractivity (Wildman–Crippen MR) is 119 cm³/mol. The third-order valence-electron chi connectivity index (χ3n) is 5.88. The molecule has 7 heteroatoms. The highest BCUT2D eigenvalue weighted by molar-refractivity contribution is 5.99. The van der Waals surface area contributed by atoms with Crippen molar-refractivity contribution >= 4 is 17.6 Å². The highest BCUT2D eigenvalue weighted by Gasteiger charge is 2.33. The van der Waals surface area contributed by atoms with Gasteiger partial charge >= 0.3 is 0 Å². The van der Waals surface area contributed by atoms with Gasteiger partial charge in [-0.1, -0.05) is 13.8 Å². The van der Waals surface area contributed by atoms with Gasteiger partial charge in [0.2, 0.25) is 5.91 Å². The van der Waals surface area contributed by atoms with Crippen molar-refractivity contribution in [1.29, 1.82) is 0 Å². The van der Waals surface area contributed by atoms with E-state index in [1.165, 1.54) is 24.3 Å². The Bertz CT molecular complexity index is 949. The zero-order valence-electron chi connectivity index (χ0n) is 18.6. The second-order valence-corrected chi connectivity index (χ2v) is 8.39. The van der Waals surface area contributed by atoms with Crippen LogP contribution in [0.5, 0.6) is 5.75 Å². The van der Waals surface area contributed by atoms with Crippen LogP contribution in [0.2, 0.25) is 0 Å². The lowest BCUT2D eigenvalue weighted by Gasteiger charge is -2.35. The van der Waals surface area contributed by atoms with Gasteiger partial charge in [-0.3, -0.25) is 14.4 Å². The molecule has 1 heterocycles. The summed E-state index contributed by atoms with van der Waals surface area (Å²) >= 11 is 0. The Labute approximate surface area is 187 Å². The first-order chi connectivity index (χ1) is 15.3. The molecule has 3 rings (SSSR count). The molecule has 0 radical (unpaired) electrons. The van der Waals surface area contributed by atoms with E-state index in [1.807, 2.05) is 13.8 Å². The zero-order valence-corrected chi connectivity index (χ0v) is 18.6. The first-order valence-electron chi connectivity index (χ1n) is 10.8. The molecular formula is C25H29FN2O4. The molecule has 0 saturated carbocycles. The number of piperidine rings is 1. The van der Waals surface area contributed by atoms with E-state index in [-0.39, 0.29) is 23.5 Å². The highest BCUT2D eigenvalue weighted by Crippen LogP contribution is 2.24. The first kappa shape index (κ1) is 23.4. The summed E-state index contributed by atoms with van der Waals surface area (Å²) in [5, 5.41) is 2.79. The van der Waals surface area contributed by atoms with Gasteiger partial charge in [-0.15, -0.1) is 0 Å². The van der Waals surface area contributed by atoms with E-state index >= 15 is 0 Å². The van der Waals surface area contributed by atoms with Gasteiger partial charge in [0.05, 0.1) is 7.11 Å². The number of amides is 2. The maximum Gasteiger partial charge on any atom is 0.251 e. The number of likely N-dealkylation sites (tertiary alicyclic amines) is 1. The van der Waals surface area contributed by atoms with Crippen LogP contribution >= 0.6 is 0 Å². The lowest BCUT2D eigenvalue weighted by atomic mass is 9.88. The van der Waals surface area contributed by atoms with Crippen LogP contribution in [-0.2, 0) is 4.79 Å². The minimum Gasteiger partial charge on any atom is -0.497 e. The van der Waals surface area contributed by atoms with Gasteiger partial charge in [-0.05, 0) is 67.3 Å². The Kier molecular flexibility index (Phi) is 7.62. The average molecular weight is 441 g/mol. The Morgan fingerprint density at radius 1 is 0.969 bits per heavy atom. The van der Waals surface area contributed by atoms with Gasteiger partial charge < -0.3 is 15.0 Å². The number of Topliss-reactive ketones (excluding diaryl/α,β-unsaturated/α-hetero) is 1. The number of nitrogens with one attached hydrogen (secondary N) is 1. The van der Waals surface area contributed by atoms with Gasteiger partial charge in [0.1, 0.15) is 17.6 Å². The highest BCUT2D eigenvalue weighted by atomic mass is 19.1. The van der Waals surface area contributed by atoms with Crippen molar-refractivity contribution in [2.24, 2.45) is 11.8 Å². The van der Waals surface area contributed by atoms with Crippen molar-refractivity contribution in [3.63, 3.8) is 0 Å². The number of carbonyl (C=O) groups is 3. The van der Waals surface area contributed by atoms with E-state index in [0.29, 0.717) is 42.8 Å². The minimum absolute atomic E-state index is 0.0739. The molecule has 170 valence electrons. The maximum absolute atomic E-state index is 13.1. The number of hydrogen-bond acceptors (Lipinski definition) is 4. The van der Waals surface area contributed by atoms with Gasteiger partial charge in [-0.2, -0.15) is 0 Å². The van der Waals surface area contributed by atoms with Crippen LogP contribution in [0.4, 0.5) is 4.39 Å². The minimum atomic E-state index is -0.693. The van der Waals surface area contributed by atoms with E-state index in [2.05, 4.69) is 5.32 Å². The number of methoxy groups -OCH3 is 1. The molecule has 0 aliphatic carbocycles. The molecule has 1 atom stereocenters. The lowest BCUT2D eigenvalue weighted by Crippen LogP contribution is -2.53. The molecule has 32 heavy (non-hydrogen) atoms. The second-order valence-electron chi connectivity index (χ2n) is 8.39. The Morgan fingerprint density at radius 2 is 1.53 bits per heavy atom. The van der Waals surface area contributed by atoms with Crippen molar-refractivity contribution in [1.82, 2.24) is 10.2 Å². The molecule has 0 unspecified atom stereocenters. The fourth-order valence-electron chi connectivity index (χ4n) is 3.89. The van der Waals surface area contributed by atoms with E-state index in [1.54, 1.807) is 36.3 Å². The molecule has 0 spiro atoms. The number of carbonyl (C=O) groups excluding carboxylic acids is 3. The van der Waals surface area contributed by atoms with Crippen molar-refractivity contribution in [2.45, 2.75) is 32.7 Å². The second kappa shape index (κ2) is 10.4. The first-order valence-corrected chi connectivity index (χ1v) is 10.8. The lowest BCUT2D eigenvalue weighted by molar-refractivity contribution is -0.135. The van der Waals surface area contributed by atoms with Crippen LogP contribution in [0.1, 0.15) is 47.4 Å². The summed E-state index contributed by atoms with van der Waals surface area (Å²) in [4.78, 5) is 40.2. The molecule has 1 saturated heterocycles. The third kappa shape index (κ3) is 5.52. The molecule has 1 fully saturated rings. The molecule has 0 aromatic heterocycles. The normalized spacial score (nSPS) is 15.3. The number of ketones is 1. The fraction of sp³-hybridized carbons (Fsp3) is 0.400. The van der Waals surface area contributed by atoms with Crippen molar-refractivity contribution in [3.05, 3.63) is 65.5 Å². The summed E-state index contributed by atoms with van der Waals surface area (Å²) < 4.78 is 18.3. The van der Waals surface area contributed by atoms with E-state index in [4.69, 9.17) is 4.74 Å². The maximum atomic E-state index is 13.1. The van der Waals surface area contributed by atoms with Gasteiger partial charge in [0.15, 0.2) is 5.78 Å². The predicted octanol–water partition coefficient (Wildman–Crippen LogP) is 3.71. The molecule has 2 aromatic rings. The van der Waals surface area contributed by atoms with Crippen LogP contribution in [0.15, 0.2) is 48.5 Å². The Morgan fingerprint density at radius 3 is 2.06 bits per heavy atom. The third-order valence-corrected chi connectivity index (χ3v) is 5.88. The quantitative estimate of drug-likeness (QED) is 0.666. The van der Waals surface area contributed by atoms with Crippen LogP contribution in [0.25, 0.3) is 0 Å². The summed E-state index contributed by atoms with van der Waals surface area (Å²) in [6.07, 6.45) is 1.15. The zero-order chi connectivity index (χ0) is 23.3. The average Bonchev–Trinajstić information content (AvgIpc) is 2.82. The Balaban J connectivity index is 1.59. The molecule has 6 nitrogen and oxygen atoms in total. The molecule has 2 aromatic carbocycles. The van der Waals surface area contributed by atoms with E-state index in [9.17, 15) is 18.8 Å². The van der Waals surface area contributed by atoms with Gasteiger partial charge in [-0.25, -0.2) is 4.39 Å². The molecule has 1 aliphatic heterocycles. The largest absolute Gasteiger partial charge is 0.497 e. The van der Waals surface area contributed by atoms with Crippen molar-refractivity contribution < 1.29 is 23.5 Å². The fourth-order valence-corrected chi connectivity index (χ4v) is 3.89. The molecule has 2 amide bonds. The van der Waals surface area contributed by atoms with E-state index in [0.717, 1.165) is 0 Å².